The van der Waals surface area contributed by atoms with Gasteiger partial charge in [0, 0.05) is 43.7 Å². The SMILES string of the molecule is Cc1ncc(-c2cc(C(F)(F)F)c3c(N)ncnn23)cc1C(=O)N[C@@H]1CN(C[C@H]2CC2(F)F)C[C@@H]1F. The lowest BCUT2D eigenvalue weighted by molar-refractivity contribution is -0.136. The van der Waals surface area contributed by atoms with E-state index in [-0.39, 0.29) is 54.4 Å². The van der Waals surface area contributed by atoms with E-state index >= 15 is 0 Å². The lowest BCUT2D eigenvalue weighted by atomic mass is 10.1. The minimum atomic E-state index is -4.74. The monoisotopic (exact) mass is 513 g/mol. The Hall–Kier alpha value is -3.42. The van der Waals surface area contributed by atoms with Crippen molar-refractivity contribution in [1.29, 1.82) is 0 Å². The Morgan fingerprint density at radius 2 is 1.97 bits per heavy atom. The number of hydrogen-bond acceptors (Lipinski definition) is 6. The van der Waals surface area contributed by atoms with Crippen LogP contribution in [0.5, 0.6) is 0 Å². The summed E-state index contributed by atoms with van der Waals surface area (Å²) in [6, 6.07) is 1.25. The van der Waals surface area contributed by atoms with E-state index in [1.54, 1.807) is 4.90 Å². The van der Waals surface area contributed by atoms with Gasteiger partial charge in [-0.15, -0.1) is 0 Å². The zero-order valence-corrected chi connectivity index (χ0v) is 18.9. The summed E-state index contributed by atoms with van der Waals surface area (Å²) < 4.78 is 82.8. The highest BCUT2D eigenvalue weighted by molar-refractivity contribution is 5.96. The zero-order chi connectivity index (χ0) is 26.0. The van der Waals surface area contributed by atoms with Crippen LogP contribution in [0.1, 0.15) is 28.0 Å². The number of aromatic nitrogens is 4. The largest absolute Gasteiger partial charge is 0.418 e. The van der Waals surface area contributed by atoms with Crippen LogP contribution in [-0.4, -0.2) is 68.2 Å². The number of nitrogens with one attached hydrogen (secondary N) is 1. The summed E-state index contributed by atoms with van der Waals surface area (Å²) in [5.74, 6) is -4.58. The van der Waals surface area contributed by atoms with Crippen LogP contribution in [0.15, 0.2) is 24.7 Å². The number of amides is 1. The quantitative estimate of drug-likeness (QED) is 0.509. The zero-order valence-electron chi connectivity index (χ0n) is 18.9. The van der Waals surface area contributed by atoms with Crippen molar-refractivity contribution in [2.75, 3.05) is 25.4 Å². The first kappa shape index (κ1) is 24.3. The molecule has 192 valence electrons. The molecule has 1 saturated carbocycles. The van der Waals surface area contributed by atoms with Gasteiger partial charge < -0.3 is 11.1 Å². The molecule has 5 rings (SSSR count). The molecule has 36 heavy (non-hydrogen) atoms. The molecular weight excluding hydrogens is 492 g/mol. The van der Waals surface area contributed by atoms with Crippen LogP contribution in [0.25, 0.3) is 16.8 Å². The number of carbonyl (C=O) groups excluding carboxylic acids is 1. The number of nitrogens with zero attached hydrogens (tertiary/aromatic N) is 5. The van der Waals surface area contributed by atoms with Gasteiger partial charge in [-0.05, 0) is 19.1 Å². The molecule has 0 spiro atoms. The van der Waals surface area contributed by atoms with Crippen LogP contribution in [0.2, 0.25) is 0 Å². The third kappa shape index (κ3) is 4.33. The number of halogens is 6. The Kier molecular flexibility index (Phi) is 5.61. The molecule has 0 bridgehead atoms. The van der Waals surface area contributed by atoms with Crippen molar-refractivity contribution in [1.82, 2.24) is 29.8 Å². The fourth-order valence-corrected chi connectivity index (χ4v) is 4.54. The Bertz CT molecular complexity index is 1340. The average Bonchev–Trinajstić information content (AvgIpc) is 3.09. The third-order valence-corrected chi connectivity index (χ3v) is 6.59. The van der Waals surface area contributed by atoms with E-state index in [2.05, 4.69) is 20.4 Å². The first-order chi connectivity index (χ1) is 16.8. The first-order valence-corrected chi connectivity index (χ1v) is 11.1. The van der Waals surface area contributed by atoms with Gasteiger partial charge in [-0.1, -0.05) is 0 Å². The van der Waals surface area contributed by atoms with Crippen molar-refractivity contribution < 1.29 is 31.1 Å². The van der Waals surface area contributed by atoms with Crippen LogP contribution in [0.4, 0.5) is 32.2 Å². The second kappa shape index (κ2) is 8.32. The highest BCUT2D eigenvalue weighted by Gasteiger charge is 2.57. The summed E-state index contributed by atoms with van der Waals surface area (Å²) in [6.45, 7) is 1.56. The van der Waals surface area contributed by atoms with Crippen molar-refractivity contribution in [2.45, 2.75) is 37.7 Å². The Morgan fingerprint density at radius 1 is 1.25 bits per heavy atom. The average molecular weight is 513 g/mol. The van der Waals surface area contributed by atoms with E-state index in [1.165, 1.54) is 19.2 Å². The number of carbonyl (C=O) groups is 1. The second-order valence-corrected chi connectivity index (χ2v) is 9.18. The Labute approximate surface area is 200 Å². The van der Waals surface area contributed by atoms with E-state index in [0.717, 1.165) is 16.9 Å². The number of pyridine rings is 1. The number of nitrogens with two attached hydrogens (primary N) is 1. The van der Waals surface area contributed by atoms with Gasteiger partial charge in [0.05, 0.1) is 28.6 Å². The van der Waals surface area contributed by atoms with Gasteiger partial charge in [0.1, 0.15) is 18.0 Å². The lowest BCUT2D eigenvalue weighted by Crippen LogP contribution is -2.41. The predicted octanol–water partition coefficient (Wildman–Crippen LogP) is 3.11. The molecule has 0 radical (unpaired) electrons. The van der Waals surface area contributed by atoms with Crippen LogP contribution in [-0.2, 0) is 6.18 Å². The number of anilines is 1. The van der Waals surface area contributed by atoms with Crippen molar-refractivity contribution >= 4 is 17.2 Å². The summed E-state index contributed by atoms with van der Waals surface area (Å²) in [5, 5.41) is 6.45. The fourth-order valence-electron chi connectivity index (χ4n) is 4.54. The number of aryl methyl sites for hydroxylation is 1. The second-order valence-electron chi connectivity index (χ2n) is 9.18. The smallest absolute Gasteiger partial charge is 0.382 e. The summed E-state index contributed by atoms with van der Waals surface area (Å²) >= 11 is 0. The highest BCUT2D eigenvalue weighted by Crippen LogP contribution is 2.49. The molecule has 4 heterocycles. The molecule has 0 unspecified atom stereocenters. The van der Waals surface area contributed by atoms with E-state index < -0.39 is 47.2 Å². The molecule has 1 aliphatic carbocycles. The summed E-state index contributed by atoms with van der Waals surface area (Å²) in [5.41, 5.74) is 4.62. The van der Waals surface area contributed by atoms with E-state index in [9.17, 15) is 31.1 Å². The van der Waals surface area contributed by atoms with Crippen LogP contribution in [0.3, 0.4) is 0 Å². The standard InChI is InChI=1S/C22H21F6N7O/c1-10-13(20(36)33-16-8-34(7-15(16)23)6-12-4-21(12,24)25)2-11(5-30-10)17-3-14(22(26,27)28)18-19(29)31-9-32-35(17)18/h2-3,5,9,12,15-16H,4,6-8H2,1H3,(H,33,36)(H2,29,31,32)/t12-,15+,16-/m1/s1. The number of fused-ring (bicyclic) bond motifs is 1. The molecule has 1 amide bonds. The number of nitrogen functional groups attached to an aromatic ring is 1. The third-order valence-electron chi connectivity index (χ3n) is 6.59. The van der Waals surface area contributed by atoms with Crippen molar-refractivity contribution in [3.8, 4) is 11.3 Å². The van der Waals surface area contributed by atoms with Gasteiger partial charge >= 0.3 is 6.18 Å². The summed E-state index contributed by atoms with van der Waals surface area (Å²) in [7, 11) is 0. The summed E-state index contributed by atoms with van der Waals surface area (Å²) in [4.78, 5) is 22.3. The van der Waals surface area contributed by atoms with Crippen LogP contribution in [0, 0.1) is 12.8 Å². The van der Waals surface area contributed by atoms with Gasteiger partial charge in [-0.25, -0.2) is 22.7 Å². The normalized spacial score (nSPS) is 23.8. The number of alkyl halides is 6. The Balaban J connectivity index is 1.40. The minimum Gasteiger partial charge on any atom is -0.382 e. The highest BCUT2D eigenvalue weighted by atomic mass is 19.4. The summed E-state index contributed by atoms with van der Waals surface area (Å²) in [6.07, 6.45) is -4.13. The lowest BCUT2D eigenvalue weighted by Gasteiger charge is -2.17. The van der Waals surface area contributed by atoms with Gasteiger partial charge in [-0.3, -0.25) is 14.7 Å². The minimum absolute atomic E-state index is 0.0197. The van der Waals surface area contributed by atoms with Crippen molar-refractivity contribution in [3.63, 3.8) is 0 Å². The number of hydrogen-bond donors (Lipinski definition) is 2. The molecule has 3 N–H and O–H groups in total. The molecule has 8 nitrogen and oxygen atoms in total. The van der Waals surface area contributed by atoms with Crippen LogP contribution >= 0.6 is 0 Å². The fraction of sp³-hybridized carbons (Fsp3) is 0.455. The van der Waals surface area contributed by atoms with Crippen molar-refractivity contribution in [3.05, 3.63) is 41.5 Å². The maximum atomic E-state index is 14.6. The van der Waals surface area contributed by atoms with Gasteiger partial charge in [0.15, 0.2) is 5.82 Å². The molecule has 3 aromatic rings. The molecule has 3 aromatic heterocycles. The van der Waals surface area contributed by atoms with Crippen LogP contribution < -0.4 is 11.1 Å². The van der Waals surface area contributed by atoms with Gasteiger partial charge in [0.25, 0.3) is 11.8 Å². The van der Waals surface area contributed by atoms with E-state index in [4.69, 9.17) is 5.73 Å². The predicted molar refractivity (Wildman–Crippen MR) is 116 cm³/mol. The first-order valence-electron chi connectivity index (χ1n) is 11.1. The molecule has 2 aliphatic rings. The topological polar surface area (TPSA) is 101 Å². The van der Waals surface area contributed by atoms with E-state index in [1.807, 2.05) is 0 Å². The van der Waals surface area contributed by atoms with E-state index in [0.29, 0.717) is 0 Å². The van der Waals surface area contributed by atoms with Gasteiger partial charge in [-0.2, -0.15) is 18.3 Å². The Morgan fingerprint density at radius 3 is 2.64 bits per heavy atom. The molecule has 1 saturated heterocycles. The molecule has 1 aliphatic heterocycles. The number of rotatable bonds is 5. The van der Waals surface area contributed by atoms with Crippen molar-refractivity contribution in [2.24, 2.45) is 5.92 Å². The molecule has 2 fully saturated rings. The maximum Gasteiger partial charge on any atom is 0.418 e. The number of likely N-dealkylation sites (tertiary alicyclic amines) is 1. The molecule has 0 aromatic carbocycles. The molecular formula is C22H21F6N7O. The molecule has 14 heteroatoms. The maximum absolute atomic E-state index is 14.6. The molecule has 3 atom stereocenters. The van der Waals surface area contributed by atoms with Gasteiger partial charge in [0.2, 0.25) is 0 Å².